The van der Waals surface area contributed by atoms with E-state index in [1.165, 1.54) is 32.1 Å². The Bertz CT molecular complexity index is 540. The first-order valence-corrected chi connectivity index (χ1v) is 9.79. The number of hydrogen-bond donors (Lipinski definition) is 1. The molecule has 0 bridgehead atoms. The lowest BCUT2D eigenvalue weighted by molar-refractivity contribution is -0.133. The van der Waals surface area contributed by atoms with E-state index in [0.29, 0.717) is 17.1 Å². The molecule has 4 rings (SSSR count). The van der Waals surface area contributed by atoms with Crippen molar-refractivity contribution in [3.63, 3.8) is 0 Å². The van der Waals surface area contributed by atoms with E-state index in [0.717, 1.165) is 30.6 Å². The lowest BCUT2D eigenvalue weighted by atomic mass is 9.44. The van der Waals surface area contributed by atoms with Crippen molar-refractivity contribution in [2.24, 2.45) is 46.2 Å². The van der Waals surface area contributed by atoms with E-state index in [-0.39, 0.29) is 17.4 Å². The van der Waals surface area contributed by atoms with Gasteiger partial charge < -0.3 is 5.73 Å². The molecule has 2 heteroatoms. The second kappa shape index (κ2) is 5.18. The molecule has 0 heterocycles. The van der Waals surface area contributed by atoms with Gasteiger partial charge in [0.2, 0.25) is 0 Å². The summed E-state index contributed by atoms with van der Waals surface area (Å²) in [6, 6.07) is 0.278. The van der Waals surface area contributed by atoms with Gasteiger partial charge >= 0.3 is 0 Å². The number of rotatable bonds is 1. The highest BCUT2D eigenvalue weighted by Gasteiger charge is 2.62. The Hall–Kier alpha value is -0.630. The van der Waals surface area contributed by atoms with Crippen LogP contribution in [0, 0.1) is 40.4 Å². The van der Waals surface area contributed by atoms with Crippen molar-refractivity contribution < 1.29 is 4.79 Å². The third kappa shape index (κ3) is 2.06. The Balaban J connectivity index is 1.70. The van der Waals surface area contributed by atoms with Crippen LogP contribution in [0.3, 0.4) is 0 Å². The monoisotopic (exact) mass is 315 g/mol. The van der Waals surface area contributed by atoms with Crippen LogP contribution in [0.25, 0.3) is 0 Å². The molecule has 2 unspecified atom stereocenters. The largest absolute Gasteiger partial charge is 0.327 e. The van der Waals surface area contributed by atoms with E-state index in [9.17, 15) is 4.79 Å². The molecule has 8 atom stereocenters. The van der Waals surface area contributed by atoms with Crippen molar-refractivity contribution in [2.75, 3.05) is 0 Å². The number of allylic oxidation sites excluding steroid dienone is 2. The zero-order valence-corrected chi connectivity index (χ0v) is 15.1. The maximum absolute atomic E-state index is 12.2. The fourth-order valence-corrected chi connectivity index (χ4v) is 7.77. The third-order valence-electron chi connectivity index (χ3n) is 8.70. The molecule has 128 valence electrons. The predicted molar refractivity (Wildman–Crippen MR) is 93.8 cm³/mol. The number of fused-ring (bicyclic) bond motifs is 5. The fourth-order valence-electron chi connectivity index (χ4n) is 7.77. The predicted octanol–water partition coefficient (Wildman–Crippen LogP) is 4.34. The van der Waals surface area contributed by atoms with E-state index in [1.54, 1.807) is 6.92 Å². The van der Waals surface area contributed by atoms with Gasteiger partial charge in [-0.3, -0.25) is 4.79 Å². The molecule has 0 aliphatic heterocycles. The van der Waals surface area contributed by atoms with Crippen LogP contribution in [0.5, 0.6) is 0 Å². The summed E-state index contributed by atoms with van der Waals surface area (Å²) in [5, 5.41) is 0. The van der Waals surface area contributed by atoms with Crippen molar-refractivity contribution in [1.29, 1.82) is 0 Å². The molecule has 3 saturated carbocycles. The summed E-state index contributed by atoms with van der Waals surface area (Å²) in [5.74, 6) is 3.63. The molecule has 0 amide bonds. The minimum absolute atomic E-state index is 0.167. The van der Waals surface area contributed by atoms with Crippen LogP contribution >= 0.6 is 0 Å². The zero-order chi connectivity index (χ0) is 16.4. The van der Waals surface area contributed by atoms with E-state index in [1.807, 2.05) is 0 Å². The first-order chi connectivity index (χ1) is 10.9. The first kappa shape index (κ1) is 15.9. The normalized spacial score (nSPS) is 55.0. The third-order valence-corrected chi connectivity index (χ3v) is 8.70. The van der Waals surface area contributed by atoms with Crippen LogP contribution < -0.4 is 5.73 Å². The Labute approximate surface area is 141 Å². The quantitative estimate of drug-likeness (QED) is 0.732. The van der Waals surface area contributed by atoms with Crippen LogP contribution in [-0.4, -0.2) is 11.8 Å². The number of carbonyl (C=O) groups excluding carboxylic acids is 1. The molecule has 0 aromatic rings. The van der Waals surface area contributed by atoms with Gasteiger partial charge in [-0.2, -0.15) is 0 Å². The minimum atomic E-state index is 0.167. The first-order valence-electron chi connectivity index (χ1n) is 9.79. The molecule has 0 aromatic carbocycles. The number of hydrogen-bond acceptors (Lipinski definition) is 2. The van der Waals surface area contributed by atoms with E-state index >= 15 is 0 Å². The summed E-state index contributed by atoms with van der Waals surface area (Å²) in [4.78, 5) is 12.2. The molecule has 2 nitrogen and oxygen atoms in total. The molecule has 0 aromatic heterocycles. The number of nitrogens with two attached hydrogens (primary N) is 1. The zero-order valence-electron chi connectivity index (χ0n) is 15.1. The summed E-state index contributed by atoms with van der Waals surface area (Å²) in [6.07, 6.45) is 13.4. The van der Waals surface area contributed by atoms with Gasteiger partial charge in [0.1, 0.15) is 5.78 Å². The maximum Gasteiger partial charge on any atom is 0.133 e. The average molecular weight is 316 g/mol. The molecule has 23 heavy (non-hydrogen) atoms. The molecule has 0 spiro atoms. The highest BCUT2D eigenvalue weighted by atomic mass is 16.1. The molecule has 4 aliphatic carbocycles. The highest BCUT2D eigenvalue weighted by Crippen LogP contribution is 2.66. The minimum Gasteiger partial charge on any atom is -0.327 e. The molecule has 4 aliphatic rings. The van der Waals surface area contributed by atoms with Crippen molar-refractivity contribution in [3.05, 3.63) is 12.2 Å². The average Bonchev–Trinajstić information content (AvgIpc) is 2.82. The summed E-state index contributed by atoms with van der Waals surface area (Å²) in [6.45, 7) is 6.72. The lowest BCUT2D eigenvalue weighted by Gasteiger charge is -2.61. The molecule has 2 N–H and O–H groups in total. The van der Waals surface area contributed by atoms with E-state index in [4.69, 9.17) is 5.73 Å². The van der Waals surface area contributed by atoms with Gasteiger partial charge in [-0.1, -0.05) is 26.0 Å². The molecule has 0 radical (unpaired) electrons. The Morgan fingerprint density at radius 3 is 2.61 bits per heavy atom. The second-order valence-electron chi connectivity index (χ2n) is 9.60. The van der Waals surface area contributed by atoms with Crippen LogP contribution in [0.1, 0.15) is 65.7 Å². The van der Waals surface area contributed by atoms with Gasteiger partial charge in [-0.15, -0.1) is 0 Å². The van der Waals surface area contributed by atoms with Crippen molar-refractivity contribution >= 4 is 5.78 Å². The molecular weight excluding hydrogens is 282 g/mol. The number of carbonyl (C=O) groups is 1. The van der Waals surface area contributed by atoms with Gasteiger partial charge in [0.15, 0.2) is 0 Å². The summed E-state index contributed by atoms with van der Waals surface area (Å²) in [7, 11) is 0. The fraction of sp³-hybridized carbons (Fsp3) is 0.857. The second-order valence-corrected chi connectivity index (χ2v) is 9.60. The van der Waals surface area contributed by atoms with Crippen LogP contribution in [0.15, 0.2) is 12.2 Å². The highest BCUT2D eigenvalue weighted by molar-refractivity contribution is 5.79. The standard InChI is InChI=1S/C21H33NO/c1-13(23)16-9-10-17-15-8-7-14-6-4-5-11-20(14,2)19(15)18(22)12-21(16,17)3/h4-5,14-19H,6-12,22H2,1-3H3/t14?,15-,16+,17-,18?,19+,20-,21+/m0/s1. The summed E-state index contributed by atoms with van der Waals surface area (Å²) in [5.41, 5.74) is 7.41. The maximum atomic E-state index is 12.2. The Kier molecular flexibility index (Phi) is 3.58. The summed E-state index contributed by atoms with van der Waals surface area (Å²) < 4.78 is 0. The topological polar surface area (TPSA) is 43.1 Å². The van der Waals surface area contributed by atoms with Crippen molar-refractivity contribution in [3.8, 4) is 0 Å². The van der Waals surface area contributed by atoms with Gasteiger partial charge in [0.25, 0.3) is 0 Å². The van der Waals surface area contributed by atoms with Gasteiger partial charge in [0, 0.05) is 12.0 Å². The van der Waals surface area contributed by atoms with Crippen molar-refractivity contribution in [1.82, 2.24) is 0 Å². The molecular formula is C21H33NO. The SMILES string of the molecule is CC(=O)[C@H]1CC[C@H]2[C@@H]3CCC4CC=CC[C@]4(C)[C@H]3C(N)C[C@]12C. The summed E-state index contributed by atoms with van der Waals surface area (Å²) >= 11 is 0. The van der Waals surface area contributed by atoms with Crippen LogP contribution in [-0.2, 0) is 4.79 Å². The Morgan fingerprint density at radius 2 is 1.87 bits per heavy atom. The van der Waals surface area contributed by atoms with Gasteiger partial charge in [-0.25, -0.2) is 0 Å². The van der Waals surface area contributed by atoms with Gasteiger partial charge in [0.05, 0.1) is 0 Å². The van der Waals surface area contributed by atoms with Crippen LogP contribution in [0.4, 0.5) is 0 Å². The Morgan fingerprint density at radius 1 is 1.09 bits per heavy atom. The van der Waals surface area contributed by atoms with E-state index < -0.39 is 0 Å². The molecule has 3 fully saturated rings. The lowest BCUT2D eigenvalue weighted by Crippen LogP contribution is -2.60. The van der Waals surface area contributed by atoms with E-state index in [2.05, 4.69) is 26.0 Å². The van der Waals surface area contributed by atoms with Crippen LogP contribution in [0.2, 0.25) is 0 Å². The number of ketones is 1. The van der Waals surface area contributed by atoms with Crippen molar-refractivity contribution in [2.45, 2.75) is 71.8 Å². The molecule has 0 saturated heterocycles. The smallest absolute Gasteiger partial charge is 0.133 e. The number of Topliss-reactive ketones (excluding diaryl/α,β-unsaturated/α-hetero) is 1. The van der Waals surface area contributed by atoms with Gasteiger partial charge in [-0.05, 0) is 86.4 Å².